The lowest BCUT2D eigenvalue weighted by molar-refractivity contribution is 0.321. The molecule has 2 heteroatoms. The summed E-state index contributed by atoms with van der Waals surface area (Å²) in [4.78, 5) is 0. The minimum Gasteiger partial charge on any atom is -0.310 e. The average molecular weight is 250 g/mol. The highest BCUT2D eigenvalue weighted by Gasteiger charge is 2.25. The smallest absolute Gasteiger partial charge is 0.0672 e. The standard InChI is InChI=1S/C16H30N2/c1-3-5-11-15(9-4-2)18-16-12-8-6-7-10-14(16)13-17/h14-16,18H,3-12H2,1-2H3. The number of hydrogen-bond acceptors (Lipinski definition) is 2. The van der Waals surface area contributed by atoms with Gasteiger partial charge in [0.2, 0.25) is 0 Å². The number of nitrogens with zero attached hydrogens (tertiary/aromatic N) is 1. The zero-order valence-electron chi connectivity index (χ0n) is 12.3. The SMILES string of the molecule is CCCCC(CCC)NC1CCCCCC1C#N. The van der Waals surface area contributed by atoms with E-state index in [-0.39, 0.29) is 5.92 Å². The Morgan fingerprint density at radius 2 is 1.89 bits per heavy atom. The van der Waals surface area contributed by atoms with E-state index in [4.69, 9.17) is 0 Å². The van der Waals surface area contributed by atoms with Crippen LogP contribution in [0.2, 0.25) is 0 Å². The number of nitriles is 1. The molecule has 1 aliphatic carbocycles. The highest BCUT2D eigenvalue weighted by molar-refractivity contribution is 4.94. The van der Waals surface area contributed by atoms with Gasteiger partial charge in [-0.25, -0.2) is 0 Å². The van der Waals surface area contributed by atoms with Crippen LogP contribution >= 0.6 is 0 Å². The summed E-state index contributed by atoms with van der Waals surface area (Å²) in [6, 6.07) is 3.62. The molecule has 1 rings (SSSR count). The first kappa shape index (κ1) is 15.5. The Kier molecular flexibility index (Phi) is 8.09. The molecule has 0 spiro atoms. The van der Waals surface area contributed by atoms with Crippen molar-refractivity contribution in [2.75, 3.05) is 0 Å². The molecular formula is C16H30N2. The number of unbranched alkanes of at least 4 members (excludes halogenated alkanes) is 1. The highest BCUT2D eigenvalue weighted by Crippen LogP contribution is 2.24. The van der Waals surface area contributed by atoms with Gasteiger partial charge in [0, 0.05) is 12.1 Å². The van der Waals surface area contributed by atoms with Gasteiger partial charge in [-0.2, -0.15) is 5.26 Å². The lowest BCUT2D eigenvalue weighted by Gasteiger charge is -2.27. The van der Waals surface area contributed by atoms with E-state index in [0.717, 1.165) is 6.42 Å². The Hall–Kier alpha value is -0.550. The molecule has 2 nitrogen and oxygen atoms in total. The van der Waals surface area contributed by atoms with Crippen LogP contribution in [0.15, 0.2) is 0 Å². The average Bonchev–Trinajstić information content (AvgIpc) is 2.61. The summed E-state index contributed by atoms with van der Waals surface area (Å²) in [5.74, 6) is 0.244. The molecule has 0 radical (unpaired) electrons. The van der Waals surface area contributed by atoms with Crippen molar-refractivity contribution in [3.63, 3.8) is 0 Å². The second kappa shape index (κ2) is 9.39. The molecule has 0 aromatic heterocycles. The summed E-state index contributed by atoms with van der Waals surface area (Å²) < 4.78 is 0. The van der Waals surface area contributed by atoms with Crippen molar-refractivity contribution in [3.05, 3.63) is 0 Å². The van der Waals surface area contributed by atoms with E-state index in [0.29, 0.717) is 12.1 Å². The second-order valence-corrected chi connectivity index (χ2v) is 5.77. The van der Waals surface area contributed by atoms with Crippen LogP contribution in [-0.2, 0) is 0 Å². The first-order chi connectivity index (χ1) is 8.81. The molecule has 18 heavy (non-hydrogen) atoms. The van der Waals surface area contributed by atoms with Crippen molar-refractivity contribution in [2.24, 2.45) is 5.92 Å². The first-order valence-corrected chi connectivity index (χ1v) is 7.97. The molecule has 1 N–H and O–H groups in total. The molecule has 0 aliphatic heterocycles. The molecule has 1 aliphatic rings. The fourth-order valence-corrected chi connectivity index (χ4v) is 3.07. The van der Waals surface area contributed by atoms with Gasteiger partial charge in [-0.15, -0.1) is 0 Å². The Bertz CT molecular complexity index is 244. The highest BCUT2D eigenvalue weighted by atomic mass is 15.0. The largest absolute Gasteiger partial charge is 0.310 e. The van der Waals surface area contributed by atoms with Crippen molar-refractivity contribution < 1.29 is 0 Å². The van der Waals surface area contributed by atoms with Gasteiger partial charge < -0.3 is 5.32 Å². The molecule has 104 valence electrons. The maximum Gasteiger partial charge on any atom is 0.0672 e. The molecule has 3 atom stereocenters. The third kappa shape index (κ3) is 5.40. The Balaban J connectivity index is 2.50. The molecule has 0 aromatic carbocycles. The normalized spacial score (nSPS) is 26.3. The van der Waals surface area contributed by atoms with Crippen molar-refractivity contribution >= 4 is 0 Å². The topological polar surface area (TPSA) is 35.8 Å². The van der Waals surface area contributed by atoms with Gasteiger partial charge in [0.15, 0.2) is 0 Å². The summed E-state index contributed by atoms with van der Waals surface area (Å²) in [6.07, 6.45) is 12.5. The monoisotopic (exact) mass is 250 g/mol. The number of nitrogens with one attached hydrogen (secondary N) is 1. The van der Waals surface area contributed by atoms with E-state index < -0.39 is 0 Å². The van der Waals surface area contributed by atoms with Crippen LogP contribution in [0, 0.1) is 17.2 Å². The molecule has 0 aromatic rings. The van der Waals surface area contributed by atoms with Crippen molar-refractivity contribution in [1.29, 1.82) is 5.26 Å². The Labute approximate surface area is 113 Å². The lowest BCUT2D eigenvalue weighted by atomic mass is 9.94. The number of rotatable bonds is 7. The second-order valence-electron chi connectivity index (χ2n) is 5.77. The van der Waals surface area contributed by atoms with Crippen LogP contribution in [0.5, 0.6) is 0 Å². The van der Waals surface area contributed by atoms with E-state index in [1.807, 2.05) is 0 Å². The van der Waals surface area contributed by atoms with Gasteiger partial charge in [0.1, 0.15) is 0 Å². The van der Waals surface area contributed by atoms with Crippen LogP contribution in [0.3, 0.4) is 0 Å². The fourth-order valence-electron chi connectivity index (χ4n) is 3.07. The molecule has 0 saturated heterocycles. The minimum absolute atomic E-state index is 0.244. The molecule has 0 heterocycles. The predicted octanol–water partition coefficient (Wildman–Crippen LogP) is 4.41. The summed E-state index contributed by atoms with van der Waals surface area (Å²) in [5, 5.41) is 13.1. The Morgan fingerprint density at radius 3 is 2.56 bits per heavy atom. The van der Waals surface area contributed by atoms with Gasteiger partial charge in [-0.3, -0.25) is 0 Å². The summed E-state index contributed by atoms with van der Waals surface area (Å²) in [7, 11) is 0. The fraction of sp³-hybridized carbons (Fsp3) is 0.938. The van der Waals surface area contributed by atoms with Gasteiger partial charge in [-0.05, 0) is 25.7 Å². The summed E-state index contributed by atoms with van der Waals surface area (Å²) in [5.41, 5.74) is 0. The quantitative estimate of drug-likeness (QED) is 0.679. The molecule has 3 unspecified atom stereocenters. The van der Waals surface area contributed by atoms with Crippen LogP contribution < -0.4 is 5.32 Å². The molecule has 0 amide bonds. The van der Waals surface area contributed by atoms with E-state index in [9.17, 15) is 5.26 Å². The van der Waals surface area contributed by atoms with Crippen LogP contribution in [0.4, 0.5) is 0 Å². The molecular weight excluding hydrogens is 220 g/mol. The Morgan fingerprint density at radius 1 is 1.11 bits per heavy atom. The maximum atomic E-state index is 9.32. The summed E-state index contributed by atoms with van der Waals surface area (Å²) in [6.45, 7) is 4.52. The van der Waals surface area contributed by atoms with Crippen LogP contribution in [0.1, 0.15) is 78.1 Å². The van der Waals surface area contributed by atoms with E-state index >= 15 is 0 Å². The maximum absolute atomic E-state index is 9.32. The molecule has 1 fully saturated rings. The summed E-state index contributed by atoms with van der Waals surface area (Å²) >= 11 is 0. The van der Waals surface area contributed by atoms with Crippen molar-refractivity contribution in [3.8, 4) is 6.07 Å². The molecule has 0 bridgehead atoms. The van der Waals surface area contributed by atoms with E-state index in [2.05, 4.69) is 25.2 Å². The van der Waals surface area contributed by atoms with Crippen molar-refractivity contribution in [2.45, 2.75) is 90.1 Å². The van der Waals surface area contributed by atoms with Crippen molar-refractivity contribution in [1.82, 2.24) is 5.32 Å². The van der Waals surface area contributed by atoms with E-state index in [1.165, 1.54) is 57.8 Å². The zero-order chi connectivity index (χ0) is 13.2. The minimum atomic E-state index is 0.244. The third-order valence-electron chi connectivity index (χ3n) is 4.17. The lowest BCUT2D eigenvalue weighted by Crippen LogP contribution is -2.42. The first-order valence-electron chi connectivity index (χ1n) is 7.97. The van der Waals surface area contributed by atoms with Gasteiger partial charge >= 0.3 is 0 Å². The predicted molar refractivity (Wildman–Crippen MR) is 77.3 cm³/mol. The van der Waals surface area contributed by atoms with Gasteiger partial charge in [-0.1, -0.05) is 52.4 Å². The van der Waals surface area contributed by atoms with E-state index in [1.54, 1.807) is 0 Å². The van der Waals surface area contributed by atoms with Crippen LogP contribution in [-0.4, -0.2) is 12.1 Å². The van der Waals surface area contributed by atoms with Gasteiger partial charge in [0.05, 0.1) is 12.0 Å². The van der Waals surface area contributed by atoms with Crippen LogP contribution in [0.25, 0.3) is 0 Å². The zero-order valence-corrected chi connectivity index (χ0v) is 12.3. The van der Waals surface area contributed by atoms with Gasteiger partial charge in [0.25, 0.3) is 0 Å². The molecule has 1 saturated carbocycles. The number of hydrogen-bond donors (Lipinski definition) is 1. The third-order valence-corrected chi connectivity index (χ3v) is 4.17.